The molecule has 0 bridgehead atoms. The summed E-state index contributed by atoms with van der Waals surface area (Å²) in [5.74, 6) is 0.914. The highest BCUT2D eigenvalue weighted by molar-refractivity contribution is 8.14. The number of benzene rings is 1. The Morgan fingerprint density at radius 1 is 1.00 bits per heavy atom. The third-order valence-corrected chi connectivity index (χ3v) is 5.35. The molecule has 0 fully saturated rings. The number of aryl methyl sites for hydroxylation is 2. The van der Waals surface area contributed by atoms with Gasteiger partial charge in [-0.25, -0.2) is 4.98 Å². The topological polar surface area (TPSA) is 67.6 Å². The molecule has 27 heavy (non-hydrogen) atoms. The first-order valence-electron chi connectivity index (χ1n) is 9.25. The fourth-order valence-corrected chi connectivity index (χ4v) is 4.01. The van der Waals surface area contributed by atoms with Crippen LogP contribution in [-0.4, -0.2) is 26.4 Å². The number of nitrogens with zero attached hydrogens (tertiary/aromatic N) is 4. The minimum atomic E-state index is -0.115. The van der Waals surface area contributed by atoms with Gasteiger partial charge in [0.05, 0.1) is 0 Å². The van der Waals surface area contributed by atoms with E-state index in [9.17, 15) is 9.59 Å². The number of hydrazone groups is 1. The number of fused-ring (bicyclic) bond motifs is 1. The lowest BCUT2D eigenvalue weighted by Crippen LogP contribution is -2.30. The van der Waals surface area contributed by atoms with E-state index in [4.69, 9.17) is 0 Å². The van der Waals surface area contributed by atoms with Gasteiger partial charge in [-0.2, -0.15) is 10.1 Å². The zero-order valence-corrected chi connectivity index (χ0v) is 17.0. The van der Waals surface area contributed by atoms with Crippen molar-refractivity contribution in [3.63, 3.8) is 0 Å². The van der Waals surface area contributed by atoms with Crippen molar-refractivity contribution in [3.8, 4) is 0 Å². The highest BCUT2D eigenvalue weighted by Crippen LogP contribution is 2.38. The fourth-order valence-electron chi connectivity index (χ4n) is 2.90. The summed E-state index contributed by atoms with van der Waals surface area (Å²) in [7, 11) is 0. The summed E-state index contributed by atoms with van der Waals surface area (Å²) in [6.45, 7) is 7.74. The highest BCUT2D eigenvalue weighted by Gasteiger charge is 2.32. The van der Waals surface area contributed by atoms with Crippen LogP contribution < -0.4 is 5.01 Å². The Hall–Kier alpha value is -2.41. The van der Waals surface area contributed by atoms with Gasteiger partial charge in [0.15, 0.2) is 5.82 Å². The first kappa shape index (κ1) is 19.4. The van der Waals surface area contributed by atoms with E-state index in [0.717, 1.165) is 24.0 Å². The number of aromatic nitrogens is 2. The average molecular weight is 385 g/mol. The van der Waals surface area contributed by atoms with Crippen molar-refractivity contribution in [2.75, 3.05) is 5.01 Å². The Morgan fingerprint density at radius 3 is 2.26 bits per heavy atom. The van der Waals surface area contributed by atoms with Gasteiger partial charge in [-0.3, -0.25) is 14.2 Å². The molecule has 7 heteroatoms. The highest BCUT2D eigenvalue weighted by atomic mass is 32.2. The van der Waals surface area contributed by atoms with Gasteiger partial charge in [0, 0.05) is 18.4 Å². The molecule has 2 aromatic rings. The minimum absolute atomic E-state index is 0.00991. The number of carbonyl (C=O) groups excluding carboxylic acids is 2. The van der Waals surface area contributed by atoms with Crippen LogP contribution in [0.5, 0.6) is 0 Å². The third-order valence-electron chi connectivity index (χ3n) is 4.28. The molecule has 0 N–H and O–H groups in total. The molecule has 1 aromatic heterocycles. The van der Waals surface area contributed by atoms with Gasteiger partial charge in [0.25, 0.3) is 0 Å². The second-order valence-corrected chi connectivity index (χ2v) is 7.57. The molecule has 0 unspecified atom stereocenters. The Bertz CT molecular complexity index is 899. The Kier molecular flexibility index (Phi) is 5.79. The number of thioether (sulfide) groups is 1. The smallest absolute Gasteiger partial charge is 0.248 e. The number of imidazole rings is 1. The fraction of sp³-hybridized carbons (Fsp3) is 0.400. The van der Waals surface area contributed by atoms with Gasteiger partial charge >= 0.3 is 0 Å². The first-order chi connectivity index (χ1) is 13.0. The van der Waals surface area contributed by atoms with Crippen LogP contribution in [0.2, 0.25) is 0 Å². The lowest BCUT2D eigenvalue weighted by atomic mass is 10.2. The van der Waals surface area contributed by atoms with Crippen molar-refractivity contribution in [2.45, 2.75) is 58.4 Å². The van der Waals surface area contributed by atoms with E-state index < -0.39 is 0 Å². The van der Waals surface area contributed by atoms with Crippen LogP contribution in [-0.2, 0) is 4.79 Å². The molecule has 1 aliphatic heterocycles. The Labute approximate surface area is 163 Å². The number of carbonyl (C=O) groups is 2. The lowest BCUT2D eigenvalue weighted by molar-refractivity contribution is -0.118. The SMILES string of the molecule is CCCC(=O)N1N=C(c2ccc(C)cc2)Sc2c1nc(C)n2C(=O)CCC. The van der Waals surface area contributed by atoms with Gasteiger partial charge < -0.3 is 0 Å². The maximum Gasteiger partial charge on any atom is 0.248 e. The van der Waals surface area contributed by atoms with Crippen LogP contribution in [0.3, 0.4) is 0 Å². The molecule has 0 aliphatic carbocycles. The molecule has 0 spiro atoms. The van der Waals surface area contributed by atoms with Gasteiger partial charge in [-0.1, -0.05) is 43.7 Å². The predicted molar refractivity (Wildman–Crippen MR) is 108 cm³/mol. The van der Waals surface area contributed by atoms with E-state index >= 15 is 0 Å². The second kappa shape index (κ2) is 8.08. The van der Waals surface area contributed by atoms with Crippen molar-refractivity contribution in [2.24, 2.45) is 5.10 Å². The number of hydrogen-bond donors (Lipinski definition) is 0. The van der Waals surface area contributed by atoms with E-state index in [1.54, 1.807) is 11.5 Å². The predicted octanol–water partition coefficient (Wildman–Crippen LogP) is 4.54. The lowest BCUT2D eigenvalue weighted by Gasteiger charge is -2.23. The molecular formula is C20H24N4O2S. The van der Waals surface area contributed by atoms with Gasteiger partial charge in [-0.05, 0) is 38.5 Å². The van der Waals surface area contributed by atoms with Crippen molar-refractivity contribution < 1.29 is 9.59 Å². The van der Waals surface area contributed by atoms with E-state index in [-0.39, 0.29) is 11.8 Å². The van der Waals surface area contributed by atoms with Crippen LogP contribution in [0.4, 0.5) is 5.82 Å². The van der Waals surface area contributed by atoms with Crippen LogP contribution >= 0.6 is 11.8 Å². The largest absolute Gasteiger partial charge is 0.274 e. The minimum Gasteiger partial charge on any atom is -0.274 e. The summed E-state index contributed by atoms with van der Waals surface area (Å²) in [5, 5.41) is 7.31. The number of anilines is 1. The average Bonchev–Trinajstić information content (AvgIpc) is 2.97. The van der Waals surface area contributed by atoms with E-state index in [1.807, 2.05) is 45.0 Å². The second-order valence-electron chi connectivity index (χ2n) is 6.60. The molecule has 0 radical (unpaired) electrons. The summed E-state index contributed by atoms with van der Waals surface area (Å²) in [6.07, 6.45) is 2.29. The molecule has 0 atom stereocenters. The molecule has 2 heterocycles. The summed E-state index contributed by atoms with van der Waals surface area (Å²) >= 11 is 1.39. The Morgan fingerprint density at radius 2 is 1.63 bits per heavy atom. The first-order valence-corrected chi connectivity index (χ1v) is 10.1. The summed E-state index contributed by atoms with van der Waals surface area (Å²) in [4.78, 5) is 29.8. The summed E-state index contributed by atoms with van der Waals surface area (Å²) < 4.78 is 1.62. The van der Waals surface area contributed by atoms with Gasteiger partial charge in [0.1, 0.15) is 15.9 Å². The van der Waals surface area contributed by atoms with E-state index in [2.05, 4.69) is 10.1 Å². The van der Waals surface area contributed by atoms with Gasteiger partial charge in [-0.15, -0.1) is 0 Å². The molecule has 1 amide bonds. The Balaban J connectivity index is 2.10. The number of amides is 1. The van der Waals surface area contributed by atoms with E-state index in [0.29, 0.717) is 34.6 Å². The van der Waals surface area contributed by atoms with Crippen LogP contribution in [0, 0.1) is 13.8 Å². The van der Waals surface area contributed by atoms with Crippen LogP contribution in [0.25, 0.3) is 0 Å². The summed E-state index contributed by atoms with van der Waals surface area (Å²) in [6, 6.07) is 7.99. The summed E-state index contributed by atoms with van der Waals surface area (Å²) in [5.41, 5.74) is 2.07. The van der Waals surface area contributed by atoms with Crippen LogP contribution in [0.15, 0.2) is 34.4 Å². The van der Waals surface area contributed by atoms with Gasteiger partial charge in [0.2, 0.25) is 11.8 Å². The molecule has 142 valence electrons. The molecule has 1 aromatic carbocycles. The molecular weight excluding hydrogens is 360 g/mol. The molecule has 0 saturated carbocycles. The quantitative estimate of drug-likeness (QED) is 0.759. The van der Waals surface area contributed by atoms with E-state index in [1.165, 1.54) is 16.8 Å². The molecule has 1 aliphatic rings. The molecule has 0 saturated heterocycles. The molecule has 3 rings (SSSR count). The van der Waals surface area contributed by atoms with Crippen molar-refractivity contribution in [1.29, 1.82) is 0 Å². The van der Waals surface area contributed by atoms with Crippen molar-refractivity contribution in [1.82, 2.24) is 9.55 Å². The zero-order valence-electron chi connectivity index (χ0n) is 16.2. The molecule has 6 nitrogen and oxygen atoms in total. The monoisotopic (exact) mass is 384 g/mol. The maximum absolute atomic E-state index is 12.7. The normalized spacial score (nSPS) is 13.3. The van der Waals surface area contributed by atoms with Crippen molar-refractivity contribution in [3.05, 3.63) is 41.2 Å². The van der Waals surface area contributed by atoms with Crippen molar-refractivity contribution >= 4 is 34.4 Å². The number of hydrogen-bond acceptors (Lipinski definition) is 5. The maximum atomic E-state index is 12.7. The standard InChI is InChI=1S/C20H24N4O2S/c1-5-7-16(25)23-14(4)21-18-20(23)27-19(15-11-9-13(3)10-12-15)22-24(18)17(26)8-6-2/h9-12H,5-8H2,1-4H3. The number of rotatable bonds is 5. The third kappa shape index (κ3) is 3.83. The zero-order chi connectivity index (χ0) is 19.6. The van der Waals surface area contributed by atoms with Crippen LogP contribution in [0.1, 0.15) is 61.3 Å².